The topological polar surface area (TPSA) is 12.0 Å². The van der Waals surface area contributed by atoms with Gasteiger partial charge in [0.15, 0.2) is 0 Å². The quantitative estimate of drug-likeness (QED) is 0.731. The molecule has 2 rings (SSSR count). The second-order valence-corrected chi connectivity index (χ2v) is 6.10. The van der Waals surface area contributed by atoms with Crippen LogP contribution in [-0.2, 0) is 0 Å². The van der Waals surface area contributed by atoms with Crippen LogP contribution in [0.1, 0.15) is 52.4 Å². The molecule has 1 N–H and O–H groups in total. The van der Waals surface area contributed by atoms with Gasteiger partial charge in [-0.05, 0) is 62.4 Å². The first-order chi connectivity index (χ1) is 7.27. The standard InChI is InChI=1S/C14H27N/c1-11(2)9-15-10-13-5-3-4-6-14(13)12-7-8-12/h11-15H,3-10H2,1-2H3. The maximum Gasteiger partial charge on any atom is -0.00177 e. The molecule has 0 radical (unpaired) electrons. The van der Waals surface area contributed by atoms with Crippen LogP contribution in [-0.4, -0.2) is 13.1 Å². The second-order valence-electron chi connectivity index (χ2n) is 6.10. The van der Waals surface area contributed by atoms with Gasteiger partial charge in [0.05, 0.1) is 0 Å². The average Bonchev–Trinajstić information content (AvgIpc) is 3.01. The van der Waals surface area contributed by atoms with Gasteiger partial charge in [-0.1, -0.05) is 26.7 Å². The van der Waals surface area contributed by atoms with Gasteiger partial charge in [0.25, 0.3) is 0 Å². The largest absolute Gasteiger partial charge is 0.316 e. The van der Waals surface area contributed by atoms with Crippen molar-refractivity contribution in [3.63, 3.8) is 0 Å². The van der Waals surface area contributed by atoms with Crippen molar-refractivity contribution in [2.24, 2.45) is 23.7 Å². The minimum Gasteiger partial charge on any atom is -0.316 e. The van der Waals surface area contributed by atoms with Crippen molar-refractivity contribution in [2.45, 2.75) is 52.4 Å². The first-order valence-electron chi connectivity index (χ1n) is 6.98. The summed E-state index contributed by atoms with van der Waals surface area (Å²) in [6.45, 7) is 7.09. The molecule has 0 heterocycles. The van der Waals surface area contributed by atoms with Crippen molar-refractivity contribution >= 4 is 0 Å². The smallest absolute Gasteiger partial charge is 0.00177 e. The molecule has 0 aromatic carbocycles. The van der Waals surface area contributed by atoms with Crippen LogP contribution in [0.2, 0.25) is 0 Å². The summed E-state index contributed by atoms with van der Waals surface area (Å²) in [6, 6.07) is 0. The third-order valence-electron chi connectivity index (χ3n) is 4.15. The van der Waals surface area contributed by atoms with Crippen molar-refractivity contribution in [2.75, 3.05) is 13.1 Å². The molecule has 0 aliphatic heterocycles. The van der Waals surface area contributed by atoms with Crippen molar-refractivity contribution < 1.29 is 0 Å². The fourth-order valence-electron chi connectivity index (χ4n) is 3.19. The molecule has 2 aliphatic rings. The number of nitrogens with one attached hydrogen (secondary N) is 1. The van der Waals surface area contributed by atoms with E-state index in [2.05, 4.69) is 19.2 Å². The number of rotatable bonds is 5. The van der Waals surface area contributed by atoms with Crippen molar-refractivity contribution in [1.82, 2.24) is 5.32 Å². The summed E-state index contributed by atoms with van der Waals surface area (Å²) in [5.74, 6) is 4.01. The molecular weight excluding hydrogens is 182 g/mol. The van der Waals surface area contributed by atoms with Crippen LogP contribution in [0.25, 0.3) is 0 Å². The number of hydrogen-bond donors (Lipinski definition) is 1. The van der Waals surface area contributed by atoms with Crippen molar-refractivity contribution in [1.29, 1.82) is 0 Å². The molecule has 88 valence electrons. The molecule has 0 spiro atoms. The summed E-state index contributed by atoms with van der Waals surface area (Å²) in [5, 5.41) is 3.67. The zero-order valence-electron chi connectivity index (χ0n) is 10.5. The molecule has 0 saturated heterocycles. The van der Waals surface area contributed by atoms with Gasteiger partial charge in [0.1, 0.15) is 0 Å². The average molecular weight is 209 g/mol. The molecule has 2 atom stereocenters. The van der Waals surface area contributed by atoms with Crippen LogP contribution in [0, 0.1) is 23.7 Å². The monoisotopic (exact) mass is 209 g/mol. The van der Waals surface area contributed by atoms with Gasteiger partial charge in [0, 0.05) is 0 Å². The lowest BCUT2D eigenvalue weighted by molar-refractivity contribution is 0.203. The maximum atomic E-state index is 3.67. The summed E-state index contributed by atoms with van der Waals surface area (Å²) < 4.78 is 0. The van der Waals surface area contributed by atoms with E-state index >= 15 is 0 Å². The molecule has 1 nitrogen and oxygen atoms in total. The highest BCUT2D eigenvalue weighted by molar-refractivity contribution is 4.88. The maximum absolute atomic E-state index is 3.67. The van der Waals surface area contributed by atoms with Crippen LogP contribution >= 0.6 is 0 Å². The minimum absolute atomic E-state index is 0.799. The highest BCUT2D eigenvalue weighted by Gasteiger charge is 2.37. The highest BCUT2D eigenvalue weighted by Crippen LogP contribution is 2.46. The lowest BCUT2D eigenvalue weighted by atomic mass is 9.76. The third-order valence-corrected chi connectivity index (χ3v) is 4.15. The van der Waals surface area contributed by atoms with E-state index in [0.717, 1.165) is 23.7 Å². The molecule has 2 aliphatic carbocycles. The molecule has 0 aromatic rings. The predicted octanol–water partition coefficient (Wildman–Crippen LogP) is 3.45. The summed E-state index contributed by atoms with van der Waals surface area (Å²) in [4.78, 5) is 0. The van der Waals surface area contributed by atoms with E-state index in [0.29, 0.717) is 0 Å². The van der Waals surface area contributed by atoms with Crippen LogP contribution < -0.4 is 5.32 Å². The first kappa shape index (κ1) is 11.4. The van der Waals surface area contributed by atoms with E-state index in [1.165, 1.54) is 51.6 Å². The Morgan fingerprint density at radius 2 is 1.80 bits per heavy atom. The molecular formula is C14H27N. The molecule has 2 fully saturated rings. The lowest BCUT2D eigenvalue weighted by Crippen LogP contribution is -2.33. The van der Waals surface area contributed by atoms with Gasteiger partial charge in [0.2, 0.25) is 0 Å². The van der Waals surface area contributed by atoms with Crippen LogP contribution in [0.3, 0.4) is 0 Å². The van der Waals surface area contributed by atoms with Gasteiger partial charge in [-0.3, -0.25) is 0 Å². The second kappa shape index (κ2) is 5.34. The minimum atomic E-state index is 0.799. The van der Waals surface area contributed by atoms with Gasteiger partial charge >= 0.3 is 0 Å². The Morgan fingerprint density at radius 1 is 1.07 bits per heavy atom. The third kappa shape index (κ3) is 3.48. The molecule has 2 unspecified atom stereocenters. The van der Waals surface area contributed by atoms with Gasteiger partial charge in [-0.15, -0.1) is 0 Å². The Bertz CT molecular complexity index is 184. The molecule has 2 saturated carbocycles. The highest BCUT2D eigenvalue weighted by atomic mass is 14.9. The van der Waals surface area contributed by atoms with Crippen LogP contribution in [0.4, 0.5) is 0 Å². The summed E-state index contributed by atoms with van der Waals surface area (Å²) in [6.07, 6.45) is 9.07. The Balaban J connectivity index is 1.72. The van der Waals surface area contributed by atoms with Gasteiger partial charge in [-0.25, -0.2) is 0 Å². The number of hydrogen-bond acceptors (Lipinski definition) is 1. The first-order valence-corrected chi connectivity index (χ1v) is 6.98. The van der Waals surface area contributed by atoms with Gasteiger partial charge in [-0.2, -0.15) is 0 Å². The zero-order chi connectivity index (χ0) is 10.7. The van der Waals surface area contributed by atoms with Gasteiger partial charge < -0.3 is 5.32 Å². The Hall–Kier alpha value is -0.0400. The normalized spacial score (nSPS) is 32.2. The van der Waals surface area contributed by atoms with Crippen LogP contribution in [0.15, 0.2) is 0 Å². The van der Waals surface area contributed by atoms with E-state index in [9.17, 15) is 0 Å². The van der Waals surface area contributed by atoms with E-state index in [-0.39, 0.29) is 0 Å². The van der Waals surface area contributed by atoms with Crippen molar-refractivity contribution in [3.8, 4) is 0 Å². The fraction of sp³-hybridized carbons (Fsp3) is 1.00. The summed E-state index contributed by atoms with van der Waals surface area (Å²) in [7, 11) is 0. The van der Waals surface area contributed by atoms with E-state index in [1.54, 1.807) is 0 Å². The Labute approximate surface area is 95.0 Å². The zero-order valence-corrected chi connectivity index (χ0v) is 10.5. The lowest BCUT2D eigenvalue weighted by Gasteiger charge is -2.32. The summed E-state index contributed by atoms with van der Waals surface area (Å²) in [5.41, 5.74) is 0. The Morgan fingerprint density at radius 3 is 2.47 bits per heavy atom. The van der Waals surface area contributed by atoms with E-state index < -0.39 is 0 Å². The molecule has 0 aromatic heterocycles. The van der Waals surface area contributed by atoms with Crippen molar-refractivity contribution in [3.05, 3.63) is 0 Å². The molecule has 0 bridgehead atoms. The SMILES string of the molecule is CC(C)CNCC1CCCCC1C1CC1. The molecule has 0 amide bonds. The Kier molecular flexibility index (Phi) is 4.07. The predicted molar refractivity (Wildman–Crippen MR) is 65.9 cm³/mol. The fourth-order valence-corrected chi connectivity index (χ4v) is 3.19. The van der Waals surface area contributed by atoms with Crippen LogP contribution in [0.5, 0.6) is 0 Å². The summed E-state index contributed by atoms with van der Waals surface area (Å²) >= 11 is 0. The molecule has 1 heteroatoms. The molecule has 15 heavy (non-hydrogen) atoms. The van der Waals surface area contributed by atoms with E-state index in [1.807, 2.05) is 0 Å². The van der Waals surface area contributed by atoms with E-state index in [4.69, 9.17) is 0 Å².